The quantitative estimate of drug-likeness (QED) is 0.534. The molecule has 0 saturated heterocycles. The Morgan fingerprint density at radius 1 is 1.35 bits per heavy atom. The van der Waals surface area contributed by atoms with E-state index in [1.54, 1.807) is 6.07 Å². The first-order valence-corrected chi connectivity index (χ1v) is 9.18. The van der Waals surface area contributed by atoms with Gasteiger partial charge in [-0.25, -0.2) is 4.79 Å². The Balaban J connectivity index is 1.89. The number of rotatable bonds is 5. The van der Waals surface area contributed by atoms with Crippen LogP contribution in [0.25, 0.3) is 11.0 Å². The molecule has 3 rings (SSSR count). The van der Waals surface area contributed by atoms with Crippen LogP contribution in [-0.4, -0.2) is 16.7 Å². The van der Waals surface area contributed by atoms with Crippen LogP contribution in [0.2, 0.25) is 5.02 Å². The molecule has 1 aromatic carbocycles. The van der Waals surface area contributed by atoms with Gasteiger partial charge in [-0.15, -0.1) is 10.2 Å². The van der Waals surface area contributed by atoms with Crippen LogP contribution < -0.4 is 10.9 Å². The van der Waals surface area contributed by atoms with Crippen molar-refractivity contribution in [3.8, 4) is 0 Å². The number of halogens is 1. The lowest BCUT2D eigenvalue weighted by Gasteiger charge is -2.06. The van der Waals surface area contributed by atoms with Crippen molar-refractivity contribution in [3.05, 3.63) is 44.8 Å². The van der Waals surface area contributed by atoms with Gasteiger partial charge in [-0.1, -0.05) is 34.7 Å². The molecule has 0 saturated carbocycles. The van der Waals surface area contributed by atoms with Crippen LogP contribution >= 0.6 is 34.7 Å². The number of nitrogens with zero attached hydrogens (tertiary/aromatic N) is 2. The molecule has 0 aliphatic heterocycles. The zero-order chi connectivity index (χ0) is 16.4. The number of fused-ring (bicyclic) bond motifs is 1. The minimum atomic E-state index is -0.361. The molecule has 0 bridgehead atoms. The summed E-state index contributed by atoms with van der Waals surface area (Å²) in [6.45, 7) is 4.70. The molecule has 5 nitrogen and oxygen atoms in total. The average molecular weight is 368 g/mol. The fraction of sp³-hybridized carbons (Fsp3) is 0.267. The lowest BCUT2D eigenvalue weighted by Crippen LogP contribution is -2.00. The molecule has 0 unspecified atom stereocenters. The highest BCUT2D eigenvalue weighted by atomic mass is 35.5. The van der Waals surface area contributed by atoms with E-state index in [2.05, 4.69) is 15.5 Å². The standard InChI is InChI=1S/C15H14ClN3O2S2/c1-3-17-14-18-19-15(23-14)22-7-9-5-13(20)21-12-4-8(2)11(16)6-10(9)12/h4-6H,3,7H2,1-2H3,(H,17,18). The van der Waals surface area contributed by atoms with Gasteiger partial charge in [-0.05, 0) is 37.1 Å². The Kier molecular flexibility index (Phi) is 4.89. The van der Waals surface area contributed by atoms with Crippen molar-refractivity contribution in [2.24, 2.45) is 0 Å². The van der Waals surface area contributed by atoms with E-state index in [4.69, 9.17) is 16.0 Å². The number of aryl methyl sites for hydroxylation is 1. The van der Waals surface area contributed by atoms with E-state index in [1.807, 2.05) is 19.9 Å². The average Bonchev–Trinajstić information content (AvgIpc) is 2.95. The van der Waals surface area contributed by atoms with Gasteiger partial charge in [-0.3, -0.25) is 0 Å². The third-order valence-corrected chi connectivity index (χ3v) is 5.67. The van der Waals surface area contributed by atoms with E-state index >= 15 is 0 Å². The van der Waals surface area contributed by atoms with Gasteiger partial charge in [0.15, 0.2) is 4.34 Å². The first-order chi connectivity index (χ1) is 11.1. The Morgan fingerprint density at radius 2 is 2.17 bits per heavy atom. The largest absolute Gasteiger partial charge is 0.423 e. The van der Waals surface area contributed by atoms with Crippen LogP contribution in [0.5, 0.6) is 0 Å². The normalized spacial score (nSPS) is 11.1. The number of aromatic nitrogens is 2. The number of hydrogen-bond acceptors (Lipinski definition) is 7. The molecule has 0 atom stereocenters. The van der Waals surface area contributed by atoms with Gasteiger partial charge in [0.05, 0.1) is 0 Å². The van der Waals surface area contributed by atoms with Crippen molar-refractivity contribution in [2.45, 2.75) is 23.9 Å². The van der Waals surface area contributed by atoms with Gasteiger partial charge in [0.25, 0.3) is 0 Å². The van der Waals surface area contributed by atoms with E-state index in [0.29, 0.717) is 16.4 Å². The molecule has 0 aliphatic rings. The van der Waals surface area contributed by atoms with Crippen LogP contribution in [0.3, 0.4) is 0 Å². The van der Waals surface area contributed by atoms with Crippen LogP contribution in [-0.2, 0) is 5.75 Å². The number of benzene rings is 1. The van der Waals surface area contributed by atoms with Crippen molar-refractivity contribution >= 4 is 50.8 Å². The van der Waals surface area contributed by atoms with Crippen molar-refractivity contribution in [2.75, 3.05) is 11.9 Å². The van der Waals surface area contributed by atoms with E-state index in [1.165, 1.54) is 29.2 Å². The van der Waals surface area contributed by atoms with Crippen LogP contribution in [0.4, 0.5) is 5.13 Å². The van der Waals surface area contributed by atoms with Gasteiger partial charge < -0.3 is 9.73 Å². The Labute approximate surface area is 146 Å². The topological polar surface area (TPSA) is 68.0 Å². The summed E-state index contributed by atoms with van der Waals surface area (Å²) in [5, 5.41) is 13.6. The van der Waals surface area contributed by atoms with Gasteiger partial charge in [0.2, 0.25) is 5.13 Å². The molecule has 2 aromatic heterocycles. The molecule has 8 heteroatoms. The fourth-order valence-electron chi connectivity index (χ4n) is 2.10. The van der Waals surface area contributed by atoms with Crippen molar-refractivity contribution < 1.29 is 4.42 Å². The van der Waals surface area contributed by atoms with Crippen LogP contribution in [0.1, 0.15) is 18.1 Å². The fourth-order valence-corrected chi connectivity index (χ4v) is 4.07. The van der Waals surface area contributed by atoms with Gasteiger partial charge in [0.1, 0.15) is 5.58 Å². The second-order valence-electron chi connectivity index (χ2n) is 4.88. The summed E-state index contributed by atoms with van der Waals surface area (Å²) in [6, 6.07) is 5.14. The predicted molar refractivity (Wildman–Crippen MR) is 95.9 cm³/mol. The van der Waals surface area contributed by atoms with E-state index in [-0.39, 0.29) is 5.63 Å². The van der Waals surface area contributed by atoms with E-state index in [9.17, 15) is 4.79 Å². The van der Waals surface area contributed by atoms with Gasteiger partial charge in [0, 0.05) is 28.8 Å². The first-order valence-electron chi connectivity index (χ1n) is 7.00. The van der Waals surface area contributed by atoms with E-state index < -0.39 is 0 Å². The molecule has 120 valence electrons. The van der Waals surface area contributed by atoms with Crippen LogP contribution in [0, 0.1) is 6.92 Å². The number of hydrogen-bond donors (Lipinski definition) is 1. The molecular weight excluding hydrogens is 354 g/mol. The molecule has 23 heavy (non-hydrogen) atoms. The molecule has 0 aliphatic carbocycles. The Bertz CT molecular complexity index is 907. The highest BCUT2D eigenvalue weighted by Crippen LogP contribution is 2.31. The summed E-state index contributed by atoms with van der Waals surface area (Å²) >= 11 is 9.23. The summed E-state index contributed by atoms with van der Waals surface area (Å²) in [5.41, 5.74) is 1.95. The minimum absolute atomic E-state index is 0.361. The second kappa shape index (κ2) is 6.90. The number of anilines is 1. The van der Waals surface area contributed by atoms with Crippen molar-refractivity contribution in [1.82, 2.24) is 10.2 Å². The first kappa shape index (κ1) is 16.3. The van der Waals surface area contributed by atoms with Gasteiger partial charge >= 0.3 is 5.63 Å². The zero-order valence-corrected chi connectivity index (χ0v) is 14.9. The van der Waals surface area contributed by atoms with Crippen molar-refractivity contribution in [3.63, 3.8) is 0 Å². The van der Waals surface area contributed by atoms with Crippen molar-refractivity contribution in [1.29, 1.82) is 0 Å². The summed E-state index contributed by atoms with van der Waals surface area (Å²) in [4.78, 5) is 11.8. The Morgan fingerprint density at radius 3 is 2.96 bits per heavy atom. The summed E-state index contributed by atoms with van der Waals surface area (Å²) in [5.74, 6) is 0.599. The third-order valence-electron chi connectivity index (χ3n) is 3.20. The van der Waals surface area contributed by atoms with Gasteiger partial charge in [-0.2, -0.15) is 0 Å². The maximum atomic E-state index is 11.8. The lowest BCUT2D eigenvalue weighted by atomic mass is 10.1. The highest BCUT2D eigenvalue weighted by Gasteiger charge is 2.11. The number of thioether (sulfide) groups is 1. The summed E-state index contributed by atoms with van der Waals surface area (Å²) in [6.07, 6.45) is 0. The molecule has 0 radical (unpaired) electrons. The molecule has 3 aromatic rings. The van der Waals surface area contributed by atoms with Crippen LogP contribution in [0.15, 0.2) is 31.8 Å². The smallest absolute Gasteiger partial charge is 0.336 e. The molecule has 2 heterocycles. The monoisotopic (exact) mass is 367 g/mol. The molecule has 0 fully saturated rings. The predicted octanol–water partition coefficient (Wildman–Crippen LogP) is 4.33. The molecule has 0 spiro atoms. The maximum absolute atomic E-state index is 11.8. The molecular formula is C15H14ClN3O2S2. The lowest BCUT2D eigenvalue weighted by molar-refractivity contribution is 0.559. The SMILES string of the molecule is CCNc1nnc(SCc2cc(=O)oc3cc(C)c(Cl)cc23)s1. The zero-order valence-electron chi connectivity index (χ0n) is 12.6. The molecule has 0 amide bonds. The number of nitrogens with one attached hydrogen (secondary N) is 1. The summed E-state index contributed by atoms with van der Waals surface area (Å²) < 4.78 is 6.12. The summed E-state index contributed by atoms with van der Waals surface area (Å²) in [7, 11) is 0. The third kappa shape index (κ3) is 3.68. The Hall–Kier alpha value is -1.57. The highest BCUT2D eigenvalue weighted by molar-refractivity contribution is 8.00. The maximum Gasteiger partial charge on any atom is 0.336 e. The minimum Gasteiger partial charge on any atom is -0.423 e. The van der Waals surface area contributed by atoms with E-state index in [0.717, 1.165) is 32.5 Å². The second-order valence-corrected chi connectivity index (χ2v) is 7.49. The molecule has 1 N–H and O–H groups in total.